The van der Waals surface area contributed by atoms with Crippen LogP contribution in [0.5, 0.6) is 0 Å². The van der Waals surface area contributed by atoms with Gasteiger partial charge in [0.25, 0.3) is 0 Å². The van der Waals surface area contributed by atoms with Gasteiger partial charge in [0.1, 0.15) is 5.82 Å². The molecule has 0 spiro atoms. The van der Waals surface area contributed by atoms with E-state index < -0.39 is 5.82 Å². The third-order valence-electron chi connectivity index (χ3n) is 3.73. The van der Waals surface area contributed by atoms with Gasteiger partial charge in [0.15, 0.2) is 0 Å². The summed E-state index contributed by atoms with van der Waals surface area (Å²) < 4.78 is 18.7. The van der Waals surface area contributed by atoms with E-state index in [1.165, 1.54) is 12.1 Å². The van der Waals surface area contributed by atoms with Crippen LogP contribution < -0.4 is 10.6 Å². The van der Waals surface area contributed by atoms with E-state index in [0.717, 1.165) is 13.1 Å². The molecule has 1 aromatic carbocycles. The number of rotatable bonds is 4. The van der Waals surface area contributed by atoms with Crippen LogP contribution in [0.1, 0.15) is 13.8 Å². The Morgan fingerprint density at radius 2 is 2.09 bits per heavy atom. The fourth-order valence-corrected chi connectivity index (χ4v) is 2.44. The fraction of sp³-hybridized carbons (Fsp3) is 0.533. The van der Waals surface area contributed by atoms with Gasteiger partial charge >= 0.3 is 6.03 Å². The summed E-state index contributed by atoms with van der Waals surface area (Å²) in [6.07, 6.45) is 0. The largest absolute Gasteiger partial charge is 0.379 e. The molecule has 5 nitrogen and oxygen atoms in total. The highest BCUT2D eigenvalue weighted by Crippen LogP contribution is 2.19. The van der Waals surface area contributed by atoms with Crippen molar-refractivity contribution in [2.75, 3.05) is 38.2 Å². The second-order valence-electron chi connectivity index (χ2n) is 5.85. The van der Waals surface area contributed by atoms with Gasteiger partial charge < -0.3 is 15.4 Å². The number of hydrogen-bond donors (Lipinski definition) is 2. The van der Waals surface area contributed by atoms with E-state index in [1.807, 2.05) is 0 Å². The van der Waals surface area contributed by atoms with E-state index in [9.17, 15) is 9.18 Å². The SMILES string of the molecule is CC(C)(CNC(=O)Nc1ccc(Cl)c(F)c1)N1CCOCC1. The quantitative estimate of drug-likeness (QED) is 0.893. The molecule has 1 aliphatic rings. The van der Waals surface area contributed by atoms with Crippen LogP contribution in [0.25, 0.3) is 0 Å². The number of ether oxygens (including phenoxy) is 1. The molecule has 7 heteroatoms. The van der Waals surface area contributed by atoms with Crippen molar-refractivity contribution in [2.24, 2.45) is 0 Å². The molecule has 1 saturated heterocycles. The highest BCUT2D eigenvalue weighted by atomic mass is 35.5. The molecule has 122 valence electrons. The van der Waals surface area contributed by atoms with Crippen molar-refractivity contribution in [3.05, 3.63) is 29.0 Å². The van der Waals surface area contributed by atoms with Gasteiger partial charge in [0.05, 0.1) is 18.2 Å². The molecule has 0 unspecified atom stereocenters. The molecule has 0 aromatic heterocycles. The average molecular weight is 330 g/mol. The van der Waals surface area contributed by atoms with E-state index in [4.69, 9.17) is 16.3 Å². The number of morpholine rings is 1. The van der Waals surface area contributed by atoms with Crippen LogP contribution in [0.4, 0.5) is 14.9 Å². The van der Waals surface area contributed by atoms with Crippen LogP contribution in [0.2, 0.25) is 5.02 Å². The molecule has 22 heavy (non-hydrogen) atoms. The smallest absolute Gasteiger partial charge is 0.319 e. The number of benzene rings is 1. The molecule has 0 aliphatic carbocycles. The summed E-state index contributed by atoms with van der Waals surface area (Å²) in [6.45, 7) is 7.73. The van der Waals surface area contributed by atoms with Gasteiger partial charge in [-0.25, -0.2) is 9.18 Å². The van der Waals surface area contributed by atoms with Crippen molar-refractivity contribution in [2.45, 2.75) is 19.4 Å². The lowest BCUT2D eigenvalue weighted by molar-refractivity contribution is -0.00863. The topological polar surface area (TPSA) is 53.6 Å². The zero-order chi connectivity index (χ0) is 16.2. The van der Waals surface area contributed by atoms with Gasteiger partial charge in [-0.1, -0.05) is 11.6 Å². The van der Waals surface area contributed by atoms with Gasteiger partial charge in [-0.15, -0.1) is 0 Å². The summed E-state index contributed by atoms with van der Waals surface area (Å²) in [5, 5.41) is 5.44. The Morgan fingerprint density at radius 1 is 1.41 bits per heavy atom. The Balaban J connectivity index is 1.84. The number of carbonyl (C=O) groups excluding carboxylic acids is 1. The van der Waals surface area contributed by atoms with Gasteiger partial charge in [0.2, 0.25) is 0 Å². The molecule has 0 saturated carbocycles. The highest BCUT2D eigenvalue weighted by Gasteiger charge is 2.28. The third kappa shape index (κ3) is 4.56. The second-order valence-corrected chi connectivity index (χ2v) is 6.26. The standard InChI is InChI=1S/C15H21ClFN3O2/c1-15(2,20-5-7-22-8-6-20)10-18-14(21)19-11-3-4-12(16)13(17)9-11/h3-4,9H,5-8,10H2,1-2H3,(H2,18,19,21). The highest BCUT2D eigenvalue weighted by molar-refractivity contribution is 6.30. The summed E-state index contributed by atoms with van der Waals surface area (Å²) in [7, 11) is 0. The molecule has 1 aliphatic heterocycles. The number of hydrogen-bond acceptors (Lipinski definition) is 3. The first-order valence-corrected chi connectivity index (χ1v) is 7.59. The van der Waals surface area contributed by atoms with E-state index in [0.29, 0.717) is 25.4 Å². The third-order valence-corrected chi connectivity index (χ3v) is 4.03. The van der Waals surface area contributed by atoms with Crippen LogP contribution in [0.15, 0.2) is 18.2 Å². The average Bonchev–Trinajstić information content (AvgIpc) is 2.50. The Morgan fingerprint density at radius 3 is 2.73 bits per heavy atom. The molecule has 1 aromatic rings. The lowest BCUT2D eigenvalue weighted by atomic mass is 10.0. The molecule has 0 atom stereocenters. The molecule has 0 radical (unpaired) electrons. The number of nitrogens with zero attached hydrogens (tertiary/aromatic N) is 1. The zero-order valence-electron chi connectivity index (χ0n) is 12.8. The van der Waals surface area contributed by atoms with Crippen LogP contribution in [0, 0.1) is 5.82 Å². The predicted octanol–water partition coefficient (Wildman–Crippen LogP) is 2.71. The molecule has 2 rings (SSSR count). The summed E-state index contributed by atoms with van der Waals surface area (Å²) in [4.78, 5) is 14.2. The Kier molecular flexibility index (Phi) is 5.61. The van der Waals surface area contributed by atoms with Crippen molar-refractivity contribution in [3.8, 4) is 0 Å². The number of halogens is 2. The number of urea groups is 1. The first kappa shape index (κ1) is 17.0. The van der Waals surface area contributed by atoms with Crippen molar-refractivity contribution in [3.63, 3.8) is 0 Å². The number of anilines is 1. The maximum atomic E-state index is 13.3. The van der Waals surface area contributed by atoms with Crippen LogP contribution >= 0.6 is 11.6 Å². The minimum Gasteiger partial charge on any atom is -0.379 e. The Bertz CT molecular complexity index is 534. The van der Waals surface area contributed by atoms with E-state index in [1.54, 1.807) is 6.07 Å². The van der Waals surface area contributed by atoms with Gasteiger partial charge in [-0.3, -0.25) is 4.90 Å². The van der Waals surface area contributed by atoms with Gasteiger partial charge in [-0.05, 0) is 32.0 Å². The molecule has 0 bridgehead atoms. The van der Waals surface area contributed by atoms with Crippen LogP contribution in [0.3, 0.4) is 0 Å². The van der Waals surface area contributed by atoms with Crippen molar-refractivity contribution >= 4 is 23.3 Å². The predicted molar refractivity (Wildman–Crippen MR) is 84.9 cm³/mol. The van der Waals surface area contributed by atoms with Crippen molar-refractivity contribution in [1.82, 2.24) is 10.2 Å². The first-order chi connectivity index (χ1) is 10.4. The Labute approximate surface area is 134 Å². The van der Waals surface area contributed by atoms with Gasteiger partial charge in [-0.2, -0.15) is 0 Å². The number of amides is 2. The molecular weight excluding hydrogens is 309 g/mol. The Hall–Kier alpha value is -1.37. The second kappa shape index (κ2) is 7.26. The lowest BCUT2D eigenvalue weighted by Gasteiger charge is -2.40. The lowest BCUT2D eigenvalue weighted by Crippen LogP contribution is -2.55. The zero-order valence-corrected chi connectivity index (χ0v) is 13.5. The normalized spacial score (nSPS) is 16.4. The molecular formula is C15H21ClFN3O2. The first-order valence-electron chi connectivity index (χ1n) is 7.21. The van der Waals surface area contributed by atoms with E-state index >= 15 is 0 Å². The minimum atomic E-state index is -0.562. The maximum Gasteiger partial charge on any atom is 0.319 e. The minimum absolute atomic E-state index is 0.0272. The maximum absolute atomic E-state index is 13.3. The van der Waals surface area contributed by atoms with E-state index in [-0.39, 0.29) is 16.6 Å². The van der Waals surface area contributed by atoms with Crippen molar-refractivity contribution in [1.29, 1.82) is 0 Å². The molecule has 2 amide bonds. The van der Waals surface area contributed by atoms with Gasteiger partial charge in [0, 0.05) is 30.9 Å². The van der Waals surface area contributed by atoms with Crippen LogP contribution in [-0.2, 0) is 4.74 Å². The van der Waals surface area contributed by atoms with E-state index in [2.05, 4.69) is 29.4 Å². The number of nitrogens with one attached hydrogen (secondary N) is 2. The molecule has 1 fully saturated rings. The van der Waals surface area contributed by atoms with Crippen molar-refractivity contribution < 1.29 is 13.9 Å². The summed E-state index contributed by atoms with van der Waals surface area (Å²) >= 11 is 5.61. The fourth-order valence-electron chi connectivity index (χ4n) is 2.33. The molecule has 2 N–H and O–H groups in total. The monoisotopic (exact) mass is 329 g/mol. The molecule has 1 heterocycles. The summed E-state index contributed by atoms with van der Waals surface area (Å²) in [5.74, 6) is -0.562. The summed E-state index contributed by atoms with van der Waals surface area (Å²) in [6, 6.07) is 3.78. The number of carbonyl (C=O) groups is 1. The van der Waals surface area contributed by atoms with Crippen LogP contribution in [-0.4, -0.2) is 49.3 Å². The summed E-state index contributed by atoms with van der Waals surface area (Å²) in [5.41, 5.74) is 0.190.